The average molecular weight is 516 g/mol. The Kier molecular flexibility index (Phi) is 8.17. The van der Waals surface area contributed by atoms with E-state index in [4.69, 9.17) is 0 Å². The van der Waals surface area contributed by atoms with Crippen LogP contribution in [0.3, 0.4) is 0 Å². The monoisotopic (exact) mass is 515 g/mol. The van der Waals surface area contributed by atoms with Crippen molar-refractivity contribution < 1.29 is 4.79 Å². The lowest BCUT2D eigenvalue weighted by atomic mass is 10.0. The molecule has 3 heterocycles. The SMILES string of the molecule is CN=CC(Nc1cc(Nc2ccc(N3CCN(C(C)C)CC3)c3c2C(=O)N(C)C3)c(C#N)cn1)=C(C)NC. The molecule has 3 N–H and O–H groups in total. The molecule has 0 aliphatic carbocycles. The van der Waals surface area contributed by atoms with Gasteiger partial charge in [0.25, 0.3) is 5.91 Å². The third-order valence-electron chi connectivity index (χ3n) is 7.22. The normalized spacial score (nSPS) is 16.5. The van der Waals surface area contributed by atoms with Crippen LogP contribution in [0.4, 0.5) is 22.9 Å². The molecular formula is C28H37N9O. The zero-order chi connectivity index (χ0) is 27.4. The topological polar surface area (TPSA) is 112 Å². The highest BCUT2D eigenvalue weighted by molar-refractivity contribution is 6.06. The van der Waals surface area contributed by atoms with Gasteiger partial charge in [0.15, 0.2) is 0 Å². The lowest BCUT2D eigenvalue weighted by Crippen LogP contribution is -2.49. The van der Waals surface area contributed by atoms with Crippen LogP contribution < -0.4 is 20.9 Å². The van der Waals surface area contributed by atoms with Crippen LogP contribution in [0.1, 0.15) is 42.3 Å². The molecule has 2 aliphatic heterocycles. The number of pyridine rings is 1. The van der Waals surface area contributed by atoms with Crippen LogP contribution in [0.25, 0.3) is 0 Å². The predicted molar refractivity (Wildman–Crippen MR) is 153 cm³/mol. The van der Waals surface area contributed by atoms with Gasteiger partial charge in [-0.15, -0.1) is 0 Å². The number of benzene rings is 1. The van der Waals surface area contributed by atoms with E-state index in [1.807, 2.05) is 27.1 Å². The number of rotatable bonds is 8. The number of aromatic nitrogens is 1. The maximum absolute atomic E-state index is 13.3. The number of piperazine rings is 1. The first-order valence-corrected chi connectivity index (χ1v) is 12.9. The van der Waals surface area contributed by atoms with Crippen molar-refractivity contribution in [3.8, 4) is 6.07 Å². The second-order valence-corrected chi connectivity index (χ2v) is 9.92. The molecule has 38 heavy (non-hydrogen) atoms. The van der Waals surface area contributed by atoms with Gasteiger partial charge in [0.05, 0.1) is 28.2 Å². The lowest BCUT2D eigenvalue weighted by Gasteiger charge is -2.39. The van der Waals surface area contributed by atoms with Crippen LogP contribution in [0.15, 0.2) is 40.8 Å². The number of nitrogens with one attached hydrogen (secondary N) is 3. The van der Waals surface area contributed by atoms with Crippen molar-refractivity contribution in [2.45, 2.75) is 33.4 Å². The van der Waals surface area contributed by atoms with Gasteiger partial charge in [0, 0.05) is 95.3 Å². The summed E-state index contributed by atoms with van der Waals surface area (Å²) >= 11 is 0. The van der Waals surface area contributed by atoms with Gasteiger partial charge in [0.2, 0.25) is 0 Å². The standard InChI is InChI=1S/C28H37N9O/c1-18(2)36-9-11-37(12-10-36)25-8-7-22(27-21(25)17-35(6)28(27)38)33-23-13-26(32-15-20(23)14-29)34-24(16-30-4)19(3)31-5/h7-8,13,15-16,18,31H,9-12,17H2,1-6H3,(H2,32,33,34). The Balaban J connectivity index is 1.67. The zero-order valence-corrected chi connectivity index (χ0v) is 23.1. The fourth-order valence-electron chi connectivity index (χ4n) is 4.91. The molecule has 1 saturated heterocycles. The highest BCUT2D eigenvalue weighted by Gasteiger charge is 2.32. The number of carbonyl (C=O) groups is 1. The van der Waals surface area contributed by atoms with E-state index in [-0.39, 0.29) is 5.91 Å². The molecule has 1 aromatic heterocycles. The molecule has 10 heteroatoms. The minimum Gasteiger partial charge on any atom is -0.390 e. The molecule has 0 spiro atoms. The number of allylic oxidation sites excluding steroid dienone is 2. The third kappa shape index (κ3) is 5.43. The number of hydrogen-bond donors (Lipinski definition) is 3. The zero-order valence-electron chi connectivity index (χ0n) is 23.1. The van der Waals surface area contributed by atoms with E-state index >= 15 is 0 Å². The number of hydrogen-bond acceptors (Lipinski definition) is 9. The summed E-state index contributed by atoms with van der Waals surface area (Å²) in [6, 6.07) is 8.56. The van der Waals surface area contributed by atoms with Crippen molar-refractivity contribution in [3.05, 3.63) is 52.5 Å². The molecule has 0 atom stereocenters. The number of aliphatic imine (C=N–C) groups is 1. The van der Waals surface area contributed by atoms with E-state index < -0.39 is 0 Å². The molecule has 1 aromatic carbocycles. The van der Waals surface area contributed by atoms with Gasteiger partial charge in [0.1, 0.15) is 11.9 Å². The van der Waals surface area contributed by atoms with E-state index in [0.29, 0.717) is 40.9 Å². The van der Waals surface area contributed by atoms with Crippen LogP contribution in [-0.4, -0.2) is 80.3 Å². The van der Waals surface area contributed by atoms with E-state index in [1.54, 1.807) is 24.2 Å². The molecule has 0 saturated carbocycles. The van der Waals surface area contributed by atoms with Gasteiger partial charge in [-0.3, -0.25) is 14.7 Å². The summed E-state index contributed by atoms with van der Waals surface area (Å²) in [6.07, 6.45) is 3.23. The van der Waals surface area contributed by atoms with Crippen molar-refractivity contribution >= 4 is 35.0 Å². The number of nitriles is 1. The molecule has 1 fully saturated rings. The quantitative estimate of drug-likeness (QED) is 0.459. The summed E-state index contributed by atoms with van der Waals surface area (Å²) in [6.45, 7) is 10.8. The summed E-state index contributed by atoms with van der Waals surface area (Å²) in [5.74, 6) is 0.529. The van der Waals surface area contributed by atoms with Gasteiger partial charge in [-0.05, 0) is 32.9 Å². The smallest absolute Gasteiger partial charge is 0.256 e. The average Bonchev–Trinajstić information content (AvgIpc) is 3.22. The Hall–Kier alpha value is -4.10. The van der Waals surface area contributed by atoms with Crippen molar-refractivity contribution in [2.24, 2.45) is 4.99 Å². The highest BCUT2D eigenvalue weighted by Crippen LogP contribution is 2.38. The number of nitrogens with zero attached hydrogens (tertiary/aromatic N) is 6. The van der Waals surface area contributed by atoms with E-state index in [0.717, 1.165) is 48.8 Å². The highest BCUT2D eigenvalue weighted by atomic mass is 16.2. The first-order valence-electron chi connectivity index (χ1n) is 12.9. The lowest BCUT2D eigenvalue weighted by molar-refractivity contribution is 0.0817. The molecular weight excluding hydrogens is 478 g/mol. The number of amides is 1. The molecule has 2 aromatic rings. The summed E-state index contributed by atoms with van der Waals surface area (Å²) in [5, 5.41) is 19.5. The molecule has 200 valence electrons. The van der Waals surface area contributed by atoms with Crippen LogP contribution in [0.2, 0.25) is 0 Å². The Morgan fingerprint density at radius 3 is 2.58 bits per heavy atom. The molecule has 1 amide bonds. The van der Waals surface area contributed by atoms with Crippen LogP contribution in [-0.2, 0) is 6.54 Å². The Morgan fingerprint density at radius 2 is 1.95 bits per heavy atom. The second-order valence-electron chi connectivity index (χ2n) is 9.92. The van der Waals surface area contributed by atoms with E-state index in [1.165, 1.54) is 6.20 Å². The van der Waals surface area contributed by atoms with Gasteiger partial charge in [-0.1, -0.05) is 0 Å². The van der Waals surface area contributed by atoms with Crippen molar-refractivity contribution in [2.75, 3.05) is 62.9 Å². The minimum atomic E-state index is -0.0231. The fourth-order valence-corrected chi connectivity index (χ4v) is 4.91. The first-order chi connectivity index (χ1) is 18.3. The maximum Gasteiger partial charge on any atom is 0.256 e. The largest absolute Gasteiger partial charge is 0.390 e. The maximum atomic E-state index is 13.3. The number of fused-ring (bicyclic) bond motifs is 1. The number of anilines is 4. The van der Waals surface area contributed by atoms with E-state index in [2.05, 4.69) is 61.7 Å². The van der Waals surface area contributed by atoms with Gasteiger partial charge in [-0.2, -0.15) is 5.26 Å². The van der Waals surface area contributed by atoms with Gasteiger partial charge >= 0.3 is 0 Å². The summed E-state index contributed by atoms with van der Waals surface area (Å²) in [5.41, 5.74) is 6.10. The molecule has 0 radical (unpaired) electrons. The van der Waals surface area contributed by atoms with Crippen molar-refractivity contribution in [1.29, 1.82) is 5.26 Å². The van der Waals surface area contributed by atoms with Crippen LogP contribution in [0, 0.1) is 11.3 Å². The van der Waals surface area contributed by atoms with Crippen LogP contribution >= 0.6 is 0 Å². The van der Waals surface area contributed by atoms with Crippen molar-refractivity contribution in [1.82, 2.24) is 20.1 Å². The van der Waals surface area contributed by atoms with Crippen molar-refractivity contribution in [3.63, 3.8) is 0 Å². The Labute approximate surface area is 225 Å². The molecule has 4 rings (SSSR count). The predicted octanol–water partition coefficient (Wildman–Crippen LogP) is 3.38. The third-order valence-corrected chi connectivity index (χ3v) is 7.22. The molecule has 2 aliphatic rings. The molecule has 10 nitrogen and oxygen atoms in total. The summed E-state index contributed by atoms with van der Waals surface area (Å²) in [7, 11) is 5.36. The summed E-state index contributed by atoms with van der Waals surface area (Å²) in [4.78, 5) is 28.4. The first kappa shape index (κ1) is 26.9. The molecule has 0 unspecified atom stereocenters. The van der Waals surface area contributed by atoms with Gasteiger partial charge < -0.3 is 25.8 Å². The Morgan fingerprint density at radius 1 is 1.21 bits per heavy atom. The van der Waals surface area contributed by atoms with E-state index in [9.17, 15) is 10.1 Å². The number of carbonyl (C=O) groups excluding carboxylic acids is 1. The second kappa shape index (κ2) is 11.5. The molecule has 0 bridgehead atoms. The Bertz CT molecular complexity index is 1300. The van der Waals surface area contributed by atoms with Crippen LogP contribution in [0.5, 0.6) is 0 Å². The minimum absolute atomic E-state index is 0.0231. The van der Waals surface area contributed by atoms with Gasteiger partial charge in [-0.25, -0.2) is 4.98 Å². The fraction of sp³-hybridized carbons (Fsp3) is 0.429. The summed E-state index contributed by atoms with van der Waals surface area (Å²) < 4.78 is 0.